The van der Waals surface area contributed by atoms with E-state index in [9.17, 15) is 9.90 Å². The molecule has 0 amide bonds. The van der Waals surface area contributed by atoms with Gasteiger partial charge in [-0.2, -0.15) is 0 Å². The van der Waals surface area contributed by atoms with Crippen molar-refractivity contribution in [3.05, 3.63) is 41.5 Å². The highest BCUT2D eigenvalue weighted by Crippen LogP contribution is 2.39. The van der Waals surface area contributed by atoms with Crippen LogP contribution in [0, 0.1) is 0 Å². The van der Waals surface area contributed by atoms with Crippen LogP contribution < -0.4 is 4.74 Å². The molecule has 5 heteroatoms. The standard InChI is InChI=1S/C16H15BO4/c1-16(17)6-5-9-3-4-10-7-12(15(19)20-2)13(18)8-11(10)14(9)21-16/h3-8,18H,17H2,1-2H3. The molecule has 4 nitrogen and oxygen atoms in total. The highest BCUT2D eigenvalue weighted by atomic mass is 16.5. The largest absolute Gasteiger partial charge is 0.507 e. The Balaban J connectivity index is 2.25. The molecule has 0 spiro atoms. The number of benzene rings is 2. The molecule has 1 unspecified atom stereocenters. The quantitative estimate of drug-likeness (QED) is 0.642. The predicted molar refractivity (Wildman–Crippen MR) is 83.6 cm³/mol. The molecule has 106 valence electrons. The molecular weight excluding hydrogens is 267 g/mol. The lowest BCUT2D eigenvalue weighted by Gasteiger charge is -2.29. The van der Waals surface area contributed by atoms with E-state index in [4.69, 9.17) is 4.74 Å². The zero-order chi connectivity index (χ0) is 15.2. The second-order valence-corrected chi connectivity index (χ2v) is 5.60. The normalized spacial score (nSPS) is 19.9. The van der Waals surface area contributed by atoms with Gasteiger partial charge in [-0.05, 0) is 24.4 Å². The number of rotatable bonds is 1. The Morgan fingerprint density at radius 2 is 2.14 bits per heavy atom. The first-order valence-electron chi connectivity index (χ1n) is 6.67. The van der Waals surface area contributed by atoms with Gasteiger partial charge in [0.2, 0.25) is 0 Å². The van der Waals surface area contributed by atoms with Gasteiger partial charge in [-0.25, -0.2) is 4.79 Å². The molecule has 1 heterocycles. The third kappa shape index (κ3) is 2.25. The van der Waals surface area contributed by atoms with Crippen molar-refractivity contribution < 1.29 is 19.4 Å². The summed E-state index contributed by atoms with van der Waals surface area (Å²) in [6.07, 6.45) is 3.99. The molecule has 0 saturated carbocycles. The van der Waals surface area contributed by atoms with Gasteiger partial charge in [0.25, 0.3) is 0 Å². The molecule has 3 rings (SSSR count). The molecule has 1 N–H and O–H groups in total. The minimum absolute atomic E-state index is 0.112. The maximum Gasteiger partial charge on any atom is 0.341 e. The monoisotopic (exact) mass is 282 g/mol. The van der Waals surface area contributed by atoms with Gasteiger partial charge < -0.3 is 14.6 Å². The number of ether oxygens (including phenoxy) is 2. The van der Waals surface area contributed by atoms with Crippen LogP contribution in [0.3, 0.4) is 0 Å². The summed E-state index contributed by atoms with van der Waals surface area (Å²) < 4.78 is 10.7. The van der Waals surface area contributed by atoms with Crippen LogP contribution in [0.1, 0.15) is 22.8 Å². The Labute approximate surface area is 123 Å². The average Bonchev–Trinajstić information content (AvgIpc) is 2.45. The number of aromatic hydroxyl groups is 1. The van der Waals surface area contributed by atoms with Crippen molar-refractivity contribution in [3.63, 3.8) is 0 Å². The zero-order valence-electron chi connectivity index (χ0n) is 12.1. The first kappa shape index (κ1) is 13.6. The minimum Gasteiger partial charge on any atom is -0.507 e. The van der Waals surface area contributed by atoms with Crippen LogP contribution in [0.4, 0.5) is 0 Å². The molecule has 0 radical (unpaired) electrons. The zero-order valence-corrected chi connectivity index (χ0v) is 12.1. The fraction of sp³-hybridized carbons (Fsp3) is 0.188. The van der Waals surface area contributed by atoms with E-state index in [-0.39, 0.29) is 11.3 Å². The van der Waals surface area contributed by atoms with Crippen LogP contribution in [-0.2, 0) is 4.74 Å². The van der Waals surface area contributed by atoms with Crippen LogP contribution in [0.5, 0.6) is 11.5 Å². The summed E-state index contributed by atoms with van der Waals surface area (Å²) in [6, 6.07) is 6.99. The van der Waals surface area contributed by atoms with Crippen molar-refractivity contribution >= 4 is 30.7 Å². The highest BCUT2D eigenvalue weighted by Gasteiger charge is 2.24. The predicted octanol–water partition coefficient (Wildman–Crippen LogP) is 2.09. The number of carbonyl (C=O) groups excluding carboxylic acids is 1. The number of phenols is 1. The molecule has 0 saturated heterocycles. The Hall–Kier alpha value is -2.43. The number of hydrogen-bond donors (Lipinski definition) is 1. The van der Waals surface area contributed by atoms with E-state index in [0.29, 0.717) is 5.75 Å². The highest BCUT2D eigenvalue weighted by molar-refractivity contribution is 6.17. The van der Waals surface area contributed by atoms with E-state index >= 15 is 0 Å². The average molecular weight is 282 g/mol. The number of fused-ring (bicyclic) bond motifs is 3. The maximum atomic E-state index is 11.6. The lowest BCUT2D eigenvalue weighted by molar-refractivity contribution is 0.0597. The van der Waals surface area contributed by atoms with Gasteiger partial charge in [0.1, 0.15) is 17.1 Å². The van der Waals surface area contributed by atoms with Crippen molar-refractivity contribution in [3.8, 4) is 11.5 Å². The van der Waals surface area contributed by atoms with Crippen LogP contribution in [0.2, 0.25) is 0 Å². The summed E-state index contributed by atoms with van der Waals surface area (Å²) in [5, 5.41) is 11.7. The Morgan fingerprint density at radius 3 is 2.86 bits per heavy atom. The third-order valence-corrected chi connectivity index (χ3v) is 3.55. The molecule has 21 heavy (non-hydrogen) atoms. The molecule has 2 aromatic carbocycles. The van der Waals surface area contributed by atoms with E-state index in [2.05, 4.69) is 4.74 Å². The van der Waals surface area contributed by atoms with Crippen LogP contribution in [0.25, 0.3) is 16.8 Å². The summed E-state index contributed by atoms with van der Waals surface area (Å²) in [7, 11) is 3.25. The SMILES string of the molecule is BC1(C)C=Cc2ccc3cc(C(=O)OC)c(O)cc3c2O1. The molecule has 0 aliphatic carbocycles. The van der Waals surface area contributed by atoms with Crippen molar-refractivity contribution in [1.82, 2.24) is 0 Å². The number of carbonyl (C=O) groups is 1. The smallest absolute Gasteiger partial charge is 0.341 e. The van der Waals surface area contributed by atoms with Gasteiger partial charge >= 0.3 is 5.97 Å². The molecule has 2 aromatic rings. The van der Waals surface area contributed by atoms with Crippen molar-refractivity contribution in [2.45, 2.75) is 12.4 Å². The van der Waals surface area contributed by atoms with E-state index in [1.54, 1.807) is 12.1 Å². The van der Waals surface area contributed by atoms with E-state index in [1.165, 1.54) is 7.11 Å². The Bertz CT molecular complexity index is 777. The summed E-state index contributed by atoms with van der Waals surface area (Å²) in [5.41, 5.74) is 0.695. The molecule has 1 aliphatic rings. The van der Waals surface area contributed by atoms with Gasteiger partial charge in [-0.15, -0.1) is 0 Å². The summed E-state index contributed by atoms with van der Waals surface area (Å²) in [5.74, 6) is 0.0405. The lowest BCUT2D eigenvalue weighted by atomic mass is 9.81. The van der Waals surface area contributed by atoms with Gasteiger partial charge in [0, 0.05) is 10.9 Å². The first-order valence-corrected chi connectivity index (χ1v) is 6.67. The Kier molecular flexibility index (Phi) is 2.94. The fourth-order valence-electron chi connectivity index (χ4n) is 2.46. The molecule has 1 atom stereocenters. The molecule has 0 fully saturated rings. The molecular formula is C16H15BO4. The number of hydrogen-bond acceptors (Lipinski definition) is 4. The maximum absolute atomic E-state index is 11.6. The van der Waals surface area contributed by atoms with Gasteiger partial charge in [-0.1, -0.05) is 24.3 Å². The number of methoxy groups -OCH3 is 1. The molecule has 0 bridgehead atoms. The van der Waals surface area contributed by atoms with E-state index in [0.717, 1.165) is 16.3 Å². The topological polar surface area (TPSA) is 55.8 Å². The van der Waals surface area contributed by atoms with Gasteiger partial charge in [-0.3, -0.25) is 0 Å². The van der Waals surface area contributed by atoms with Crippen LogP contribution in [0.15, 0.2) is 30.3 Å². The lowest BCUT2D eigenvalue weighted by Crippen LogP contribution is -2.32. The summed E-state index contributed by atoms with van der Waals surface area (Å²) in [6.45, 7) is 1.97. The molecule has 1 aliphatic heterocycles. The summed E-state index contributed by atoms with van der Waals surface area (Å²) >= 11 is 0. The van der Waals surface area contributed by atoms with Gasteiger partial charge in [0.15, 0.2) is 7.85 Å². The van der Waals surface area contributed by atoms with E-state index < -0.39 is 11.5 Å². The molecule has 0 aromatic heterocycles. The number of esters is 1. The second kappa shape index (κ2) is 4.55. The van der Waals surface area contributed by atoms with Crippen LogP contribution >= 0.6 is 0 Å². The van der Waals surface area contributed by atoms with Crippen molar-refractivity contribution in [1.29, 1.82) is 0 Å². The van der Waals surface area contributed by atoms with Crippen molar-refractivity contribution in [2.24, 2.45) is 0 Å². The first-order chi connectivity index (χ1) is 9.91. The van der Waals surface area contributed by atoms with Crippen molar-refractivity contribution in [2.75, 3.05) is 7.11 Å². The van der Waals surface area contributed by atoms with Gasteiger partial charge in [0.05, 0.1) is 12.6 Å². The second-order valence-electron chi connectivity index (χ2n) is 5.60. The minimum atomic E-state index is -0.562. The number of phenolic OH excluding ortho intramolecular Hbond substituents is 1. The van der Waals surface area contributed by atoms with Crippen LogP contribution in [-0.4, -0.2) is 31.5 Å². The fourth-order valence-corrected chi connectivity index (χ4v) is 2.46. The third-order valence-electron chi connectivity index (χ3n) is 3.55. The Morgan fingerprint density at radius 1 is 1.38 bits per heavy atom. The van der Waals surface area contributed by atoms with E-state index in [1.807, 2.05) is 39.1 Å². The summed E-state index contributed by atoms with van der Waals surface area (Å²) in [4.78, 5) is 11.6.